The first-order valence-electron chi connectivity index (χ1n) is 13.7. The van der Waals surface area contributed by atoms with E-state index in [9.17, 15) is 27.6 Å². The zero-order valence-electron chi connectivity index (χ0n) is 25.3. The summed E-state index contributed by atoms with van der Waals surface area (Å²) in [6.07, 6.45) is 1.31. The number of halogens is 4. The molecule has 0 atom stereocenters. The second-order valence-corrected chi connectivity index (χ2v) is 12.3. The van der Waals surface area contributed by atoms with Gasteiger partial charge in [-0.15, -0.1) is 0 Å². The van der Waals surface area contributed by atoms with Crippen molar-refractivity contribution in [3.05, 3.63) is 142 Å². The molecule has 0 bridgehead atoms. The smallest absolute Gasteiger partial charge is 0.356 e. The molecule has 16 heteroatoms. The van der Waals surface area contributed by atoms with E-state index in [2.05, 4.69) is 14.9 Å². The molecule has 0 saturated carbocycles. The first-order chi connectivity index (χ1) is 23.3. The van der Waals surface area contributed by atoms with Crippen molar-refractivity contribution in [2.24, 2.45) is 0 Å². The molecule has 49 heavy (non-hydrogen) atoms. The van der Waals surface area contributed by atoms with Crippen molar-refractivity contribution in [3.8, 4) is 0 Å². The van der Waals surface area contributed by atoms with Crippen molar-refractivity contribution < 1.29 is 51.5 Å². The van der Waals surface area contributed by atoms with Gasteiger partial charge in [-0.25, -0.2) is 23.4 Å². The van der Waals surface area contributed by atoms with Gasteiger partial charge in [0, 0.05) is 10.7 Å². The lowest BCUT2D eigenvalue weighted by molar-refractivity contribution is 0.0565. The van der Waals surface area contributed by atoms with Crippen LogP contribution in [0.5, 0.6) is 0 Å². The van der Waals surface area contributed by atoms with Gasteiger partial charge in [0.2, 0.25) is 0 Å². The molecule has 0 fully saturated rings. The Balaban J connectivity index is 0.000000289. The molecule has 0 radical (unpaired) electrons. The van der Waals surface area contributed by atoms with Gasteiger partial charge in [0.15, 0.2) is 12.1 Å². The summed E-state index contributed by atoms with van der Waals surface area (Å²) in [5.74, 6) is -2.79. The number of carbonyl (C=O) groups is 4. The van der Waals surface area contributed by atoms with Crippen LogP contribution in [0.15, 0.2) is 97.1 Å². The van der Waals surface area contributed by atoms with Gasteiger partial charge in [-0.05, 0) is 83.6 Å². The number of hydrogen-bond acceptors (Lipinski definition) is 9. The number of rotatable bonds is 12. The Morgan fingerprint density at radius 3 is 0.939 bits per heavy atom. The van der Waals surface area contributed by atoms with E-state index in [0.717, 1.165) is 22.3 Å². The molecule has 2 N–H and O–H groups in total. The predicted octanol–water partition coefficient (Wildman–Crippen LogP) is 7.34. The Labute approximate surface area is 301 Å². The van der Waals surface area contributed by atoms with Crippen molar-refractivity contribution in [3.63, 3.8) is 0 Å². The average molecular weight is 774 g/mol. The average Bonchev–Trinajstić information content (AvgIpc) is 3.06. The second kappa shape index (κ2) is 21.0. The van der Waals surface area contributed by atoms with Crippen molar-refractivity contribution in [1.82, 2.24) is 0 Å². The molecular formula is C33H28Cl4O11S. The van der Waals surface area contributed by atoms with Crippen LogP contribution in [0, 0.1) is 0 Å². The van der Waals surface area contributed by atoms with Crippen LogP contribution in [0.2, 0.25) is 0 Å². The number of alkyl halides is 3. The highest BCUT2D eigenvalue weighted by molar-refractivity contribution is 8.10. The van der Waals surface area contributed by atoms with Crippen LogP contribution in [0.1, 0.15) is 63.7 Å². The Bertz CT molecular complexity index is 1670. The minimum atomic E-state index is -3.83. The number of benzene rings is 4. The number of carboxylic acids is 2. The third kappa shape index (κ3) is 15.7. The highest BCUT2D eigenvalue weighted by Gasteiger charge is 2.09. The molecule has 0 spiro atoms. The van der Waals surface area contributed by atoms with Crippen LogP contribution >= 0.6 is 45.5 Å². The topological polar surface area (TPSA) is 171 Å². The molecule has 0 heterocycles. The van der Waals surface area contributed by atoms with Gasteiger partial charge in [-0.2, -0.15) is 8.42 Å². The number of esters is 2. The Morgan fingerprint density at radius 1 is 0.490 bits per heavy atom. The van der Waals surface area contributed by atoms with Crippen LogP contribution in [0.3, 0.4) is 0 Å². The molecule has 4 rings (SSSR count). The number of aromatic carboxylic acids is 2. The monoisotopic (exact) mass is 772 g/mol. The molecular weight excluding hydrogens is 746 g/mol. The molecule has 0 unspecified atom stereocenters. The van der Waals surface area contributed by atoms with Gasteiger partial charge < -0.3 is 19.7 Å². The summed E-state index contributed by atoms with van der Waals surface area (Å²) in [7, 11) is 0.665. The zero-order valence-corrected chi connectivity index (χ0v) is 29.1. The third-order valence-electron chi connectivity index (χ3n) is 6.15. The van der Waals surface area contributed by atoms with Crippen molar-refractivity contribution in [2.45, 2.75) is 12.8 Å². The quantitative estimate of drug-likeness (QED) is 0.0839. The fourth-order valence-corrected chi connectivity index (χ4v) is 4.76. The molecule has 260 valence electrons. The highest BCUT2D eigenvalue weighted by Crippen LogP contribution is 2.15. The van der Waals surface area contributed by atoms with Gasteiger partial charge in [0.25, 0.3) is 0 Å². The third-order valence-corrected chi connectivity index (χ3v) is 7.28. The minimum Gasteiger partial charge on any atom is -0.478 e. The normalized spacial score (nSPS) is 10.4. The second-order valence-electron chi connectivity index (χ2n) is 9.45. The molecule has 0 aromatic heterocycles. The first kappa shape index (κ1) is 41.0. The molecule has 4 aromatic rings. The van der Waals surface area contributed by atoms with E-state index in [-0.39, 0.29) is 23.3 Å². The number of hydrogen-bond donors (Lipinski definition) is 2. The van der Waals surface area contributed by atoms with E-state index < -0.39 is 39.3 Å². The number of carboxylic acid groups (broad SMARTS) is 2. The fourth-order valence-electron chi connectivity index (χ4n) is 3.84. The van der Waals surface area contributed by atoms with Gasteiger partial charge in [-0.3, -0.25) is 0 Å². The summed E-state index contributed by atoms with van der Waals surface area (Å²) in [4.78, 5) is 44.5. The number of carbonyl (C=O) groups excluding carboxylic acids is 2. The van der Waals surface area contributed by atoms with Gasteiger partial charge >= 0.3 is 33.2 Å². The summed E-state index contributed by atoms with van der Waals surface area (Å²) >= 11 is 15.5. The van der Waals surface area contributed by atoms with E-state index >= 15 is 0 Å². The Hall–Kier alpha value is -4.17. The van der Waals surface area contributed by atoms with Crippen LogP contribution in [0.25, 0.3) is 0 Å². The minimum absolute atomic E-state index is 0.168. The van der Waals surface area contributed by atoms with E-state index in [4.69, 9.17) is 54.5 Å². The maximum atomic E-state index is 11.5. The molecule has 11 nitrogen and oxygen atoms in total. The molecule has 0 amide bonds. The maximum Gasteiger partial charge on any atom is 0.356 e. The summed E-state index contributed by atoms with van der Waals surface area (Å²) in [6, 6.07) is 26.6. The predicted molar refractivity (Wildman–Crippen MR) is 184 cm³/mol. The van der Waals surface area contributed by atoms with Crippen LogP contribution in [-0.4, -0.2) is 60.7 Å². The largest absolute Gasteiger partial charge is 0.478 e. The molecule has 0 aliphatic carbocycles. The maximum absolute atomic E-state index is 11.5. The van der Waals surface area contributed by atoms with E-state index in [0.29, 0.717) is 24.0 Å². The van der Waals surface area contributed by atoms with Crippen molar-refractivity contribution in [1.29, 1.82) is 0 Å². The summed E-state index contributed by atoms with van der Waals surface area (Å²) in [5, 5.41) is 17.6. The van der Waals surface area contributed by atoms with E-state index in [1.807, 2.05) is 24.3 Å². The molecule has 0 aliphatic rings. The van der Waals surface area contributed by atoms with E-state index in [1.165, 1.54) is 0 Å². The van der Waals surface area contributed by atoms with Gasteiger partial charge in [0.1, 0.15) is 6.07 Å². The van der Waals surface area contributed by atoms with Crippen LogP contribution in [0.4, 0.5) is 0 Å². The number of ether oxygens (including phenoxy) is 2. The first-order valence-corrected chi connectivity index (χ1v) is 17.5. The zero-order chi connectivity index (χ0) is 36.4. The standard InChI is InChI=1S/C17H14Cl2O4.C15H12O4.CH2Cl2O3S/c18-10-22-16(20)14-5-1-12(2-6-14)9-13-3-7-15(8-4-13)17(21)23-11-19;16-14(17)12-5-1-10(2-6-12)9-11-3-7-13(8-4-11)15(18)19;2-1-6-7(3,4)5/h1-8H,9-11H2;1-8H,9H2,(H,16,17)(H,18,19);1H2. The summed E-state index contributed by atoms with van der Waals surface area (Å²) in [5.41, 5.74) is 5.44. The van der Waals surface area contributed by atoms with Crippen molar-refractivity contribution in [2.75, 3.05) is 18.2 Å². The van der Waals surface area contributed by atoms with E-state index in [1.54, 1.807) is 72.8 Å². The van der Waals surface area contributed by atoms with Crippen LogP contribution in [-0.2, 0) is 35.8 Å². The lowest BCUT2D eigenvalue weighted by Gasteiger charge is -2.05. The Morgan fingerprint density at radius 2 is 0.755 bits per heavy atom. The van der Waals surface area contributed by atoms with Crippen LogP contribution < -0.4 is 0 Å². The fraction of sp³-hybridized carbons (Fsp3) is 0.152. The molecule has 4 aromatic carbocycles. The lowest BCUT2D eigenvalue weighted by Crippen LogP contribution is -2.04. The molecule has 0 aliphatic heterocycles. The lowest BCUT2D eigenvalue weighted by atomic mass is 10.0. The SMILES string of the molecule is O=C(O)c1ccc(Cc2ccc(C(=O)O)cc2)cc1.O=C(OCCl)c1ccc(Cc2ccc(C(=O)OCCl)cc2)cc1.O=S(=O)(Cl)OCCl. The van der Waals surface area contributed by atoms with Crippen molar-refractivity contribution >= 4 is 78.7 Å². The summed E-state index contributed by atoms with van der Waals surface area (Å²) in [6.45, 7) is 0. The highest BCUT2D eigenvalue weighted by atomic mass is 35.7. The van der Waals surface area contributed by atoms with Gasteiger partial charge in [-0.1, -0.05) is 83.3 Å². The Kier molecular flexibility index (Phi) is 17.6. The molecule has 0 saturated heterocycles. The summed E-state index contributed by atoms with van der Waals surface area (Å²) < 4.78 is 32.5. The van der Waals surface area contributed by atoms with Gasteiger partial charge in [0.05, 0.1) is 22.3 Å².